The molecule has 2 unspecified atom stereocenters. The number of anilines is 2. The van der Waals surface area contributed by atoms with Gasteiger partial charge in [0.1, 0.15) is 9.88 Å². The number of nitrogen functional groups attached to an aromatic ring is 1. The molecule has 2 amide bonds. The number of fused-ring (bicyclic) bond motifs is 1. The van der Waals surface area contributed by atoms with Crippen LogP contribution in [0.1, 0.15) is 39.3 Å². The molecule has 20 heavy (non-hydrogen) atoms. The molecule has 1 saturated carbocycles. The highest BCUT2D eigenvalue weighted by atomic mass is 32.1. The second-order valence-corrected chi connectivity index (χ2v) is 6.61. The van der Waals surface area contributed by atoms with Crippen LogP contribution in [-0.4, -0.2) is 24.9 Å². The van der Waals surface area contributed by atoms with Crippen LogP contribution >= 0.6 is 11.3 Å². The summed E-state index contributed by atoms with van der Waals surface area (Å²) in [5.41, 5.74) is 17.0. The lowest BCUT2D eigenvalue weighted by Gasteiger charge is -2.18. The van der Waals surface area contributed by atoms with Crippen molar-refractivity contribution in [2.75, 3.05) is 23.7 Å². The molecule has 7 heteroatoms. The summed E-state index contributed by atoms with van der Waals surface area (Å²) < 4.78 is 0. The molecule has 108 valence electrons. The number of nitrogens with two attached hydrogens (primary N) is 3. The predicted octanol–water partition coefficient (Wildman–Crippen LogP) is 0.764. The fourth-order valence-corrected chi connectivity index (χ4v) is 4.57. The summed E-state index contributed by atoms with van der Waals surface area (Å²) in [5.74, 6) is 0.145. The van der Waals surface area contributed by atoms with Gasteiger partial charge in [0.15, 0.2) is 0 Å². The zero-order valence-electron chi connectivity index (χ0n) is 11.1. The average Bonchev–Trinajstić information content (AvgIpc) is 2.98. The average molecular weight is 294 g/mol. The van der Waals surface area contributed by atoms with Crippen LogP contribution in [0, 0.1) is 11.8 Å². The number of nitrogens with zero attached hydrogens (tertiary/aromatic N) is 1. The fourth-order valence-electron chi connectivity index (χ4n) is 3.48. The molecule has 6 N–H and O–H groups in total. The molecule has 2 atom stereocenters. The van der Waals surface area contributed by atoms with Gasteiger partial charge in [-0.3, -0.25) is 9.59 Å². The summed E-state index contributed by atoms with van der Waals surface area (Å²) in [6.45, 7) is 1.81. The quantitative estimate of drug-likeness (QED) is 0.763. The Bertz CT molecular complexity index is 571. The van der Waals surface area contributed by atoms with E-state index in [2.05, 4.69) is 4.90 Å². The van der Waals surface area contributed by atoms with Gasteiger partial charge in [0.05, 0.1) is 11.3 Å². The normalized spacial score (nSPS) is 24.9. The van der Waals surface area contributed by atoms with Gasteiger partial charge in [-0.25, -0.2) is 0 Å². The second-order valence-electron chi connectivity index (χ2n) is 5.61. The number of primary amides is 2. The summed E-state index contributed by atoms with van der Waals surface area (Å²) in [7, 11) is 0. The van der Waals surface area contributed by atoms with Crippen molar-refractivity contribution in [3.8, 4) is 0 Å². The highest BCUT2D eigenvalue weighted by Crippen LogP contribution is 2.44. The maximum absolute atomic E-state index is 11.7. The topological polar surface area (TPSA) is 115 Å². The molecule has 0 bridgehead atoms. The number of hydrogen-bond donors (Lipinski definition) is 3. The Labute approximate surface area is 120 Å². The number of hydrogen-bond acceptors (Lipinski definition) is 5. The Morgan fingerprint density at radius 2 is 1.70 bits per heavy atom. The van der Waals surface area contributed by atoms with Crippen molar-refractivity contribution in [3.05, 3.63) is 10.4 Å². The molecule has 0 radical (unpaired) electrons. The molecule has 1 aromatic rings. The Kier molecular flexibility index (Phi) is 3.08. The van der Waals surface area contributed by atoms with E-state index in [4.69, 9.17) is 17.2 Å². The third-order valence-corrected chi connectivity index (χ3v) is 5.69. The molecule has 2 heterocycles. The lowest BCUT2D eigenvalue weighted by molar-refractivity contribution is 0.0999. The van der Waals surface area contributed by atoms with Crippen molar-refractivity contribution >= 4 is 33.8 Å². The van der Waals surface area contributed by atoms with E-state index in [9.17, 15) is 9.59 Å². The maximum atomic E-state index is 11.7. The molecular weight excluding hydrogens is 276 g/mol. The third-order valence-electron chi connectivity index (χ3n) is 4.41. The summed E-state index contributed by atoms with van der Waals surface area (Å²) in [6, 6.07) is 0. The van der Waals surface area contributed by atoms with E-state index >= 15 is 0 Å². The van der Waals surface area contributed by atoms with Crippen molar-refractivity contribution < 1.29 is 9.59 Å². The molecule has 2 aliphatic rings. The molecule has 1 aliphatic carbocycles. The molecule has 6 nitrogen and oxygen atoms in total. The van der Waals surface area contributed by atoms with Gasteiger partial charge < -0.3 is 22.1 Å². The molecule has 0 aromatic carbocycles. The number of carbonyl (C=O) groups is 2. The minimum absolute atomic E-state index is 0.127. The summed E-state index contributed by atoms with van der Waals surface area (Å²) in [4.78, 5) is 25.4. The van der Waals surface area contributed by atoms with E-state index < -0.39 is 11.8 Å². The van der Waals surface area contributed by atoms with Crippen LogP contribution in [0.2, 0.25) is 0 Å². The first-order chi connectivity index (χ1) is 9.49. The zero-order valence-corrected chi connectivity index (χ0v) is 11.9. The Hall–Kier alpha value is -1.76. The first-order valence-corrected chi connectivity index (χ1v) is 7.57. The van der Waals surface area contributed by atoms with Crippen LogP contribution in [0.25, 0.3) is 0 Å². The van der Waals surface area contributed by atoms with Crippen LogP contribution in [0.5, 0.6) is 0 Å². The molecule has 1 saturated heterocycles. The standard InChI is InChI=1S/C13H18N4O2S/c14-9-8(11(15)18)13(20-10(9)12(16)19)17-4-6-2-1-3-7(6)5-17/h6-7H,1-5,14H2,(H2,15,18)(H2,16,19). The maximum Gasteiger partial charge on any atom is 0.260 e. The lowest BCUT2D eigenvalue weighted by Crippen LogP contribution is -2.23. The number of rotatable bonds is 3. The van der Waals surface area contributed by atoms with E-state index in [0.29, 0.717) is 16.8 Å². The minimum Gasteiger partial charge on any atom is -0.397 e. The van der Waals surface area contributed by atoms with Gasteiger partial charge >= 0.3 is 0 Å². The first-order valence-electron chi connectivity index (χ1n) is 6.75. The first kappa shape index (κ1) is 13.2. The van der Waals surface area contributed by atoms with Crippen molar-refractivity contribution in [1.82, 2.24) is 0 Å². The van der Waals surface area contributed by atoms with Gasteiger partial charge in [0.2, 0.25) is 0 Å². The molecule has 2 fully saturated rings. The van der Waals surface area contributed by atoms with Crippen molar-refractivity contribution in [2.45, 2.75) is 19.3 Å². The Morgan fingerprint density at radius 3 is 2.20 bits per heavy atom. The van der Waals surface area contributed by atoms with Crippen LogP contribution in [0.3, 0.4) is 0 Å². The van der Waals surface area contributed by atoms with Crippen LogP contribution < -0.4 is 22.1 Å². The lowest BCUT2D eigenvalue weighted by atomic mass is 10.0. The summed E-state index contributed by atoms with van der Waals surface area (Å²) in [6.07, 6.45) is 3.75. The van der Waals surface area contributed by atoms with Gasteiger partial charge in [-0.2, -0.15) is 0 Å². The monoisotopic (exact) mass is 294 g/mol. The summed E-state index contributed by atoms with van der Waals surface area (Å²) in [5, 5.41) is 0.707. The van der Waals surface area contributed by atoms with E-state index in [1.165, 1.54) is 30.6 Å². The van der Waals surface area contributed by atoms with E-state index in [1.807, 2.05) is 0 Å². The fraction of sp³-hybridized carbons (Fsp3) is 0.538. The second kappa shape index (κ2) is 4.66. The van der Waals surface area contributed by atoms with Gasteiger partial charge in [-0.15, -0.1) is 11.3 Å². The third kappa shape index (κ3) is 1.93. The Morgan fingerprint density at radius 1 is 1.10 bits per heavy atom. The van der Waals surface area contributed by atoms with E-state index in [-0.39, 0.29) is 16.1 Å². The van der Waals surface area contributed by atoms with Crippen LogP contribution in [-0.2, 0) is 0 Å². The van der Waals surface area contributed by atoms with Crippen molar-refractivity contribution in [3.63, 3.8) is 0 Å². The highest BCUT2D eigenvalue weighted by Gasteiger charge is 2.38. The smallest absolute Gasteiger partial charge is 0.260 e. The van der Waals surface area contributed by atoms with E-state index in [0.717, 1.165) is 13.1 Å². The molecular formula is C13H18N4O2S. The van der Waals surface area contributed by atoms with Gasteiger partial charge in [0.25, 0.3) is 11.8 Å². The molecule has 3 rings (SSSR count). The largest absolute Gasteiger partial charge is 0.397 e. The van der Waals surface area contributed by atoms with Crippen LogP contribution in [0.4, 0.5) is 10.7 Å². The van der Waals surface area contributed by atoms with Crippen molar-refractivity contribution in [2.24, 2.45) is 23.3 Å². The minimum atomic E-state index is -0.611. The zero-order chi connectivity index (χ0) is 14.4. The van der Waals surface area contributed by atoms with Crippen molar-refractivity contribution in [1.29, 1.82) is 0 Å². The SMILES string of the molecule is NC(=O)c1sc(N2CC3CCCC3C2)c(C(N)=O)c1N. The highest BCUT2D eigenvalue weighted by molar-refractivity contribution is 7.19. The van der Waals surface area contributed by atoms with Crippen LogP contribution in [0.15, 0.2) is 0 Å². The Balaban J connectivity index is 1.99. The molecule has 0 spiro atoms. The summed E-state index contributed by atoms with van der Waals surface area (Å²) >= 11 is 1.18. The number of carbonyl (C=O) groups excluding carboxylic acids is 2. The number of thiophene rings is 1. The van der Waals surface area contributed by atoms with E-state index in [1.54, 1.807) is 0 Å². The molecule has 1 aliphatic heterocycles. The van der Waals surface area contributed by atoms with Gasteiger partial charge in [-0.1, -0.05) is 6.42 Å². The number of amides is 2. The van der Waals surface area contributed by atoms with Gasteiger partial charge in [-0.05, 0) is 24.7 Å². The molecule has 1 aromatic heterocycles. The predicted molar refractivity (Wildman–Crippen MR) is 78.8 cm³/mol. The van der Waals surface area contributed by atoms with Gasteiger partial charge in [0, 0.05) is 13.1 Å².